The molecule has 1 atom stereocenters. The van der Waals surface area contributed by atoms with Gasteiger partial charge in [0.25, 0.3) is 5.91 Å². The monoisotopic (exact) mass is 473 g/mol. The molecule has 0 fully saturated rings. The second-order valence-corrected chi connectivity index (χ2v) is 9.52. The summed E-state index contributed by atoms with van der Waals surface area (Å²) in [7, 11) is 0. The van der Waals surface area contributed by atoms with E-state index in [1.807, 2.05) is 36.4 Å². The van der Waals surface area contributed by atoms with Gasteiger partial charge in [0.05, 0.1) is 0 Å². The molecular weight excluding hydrogens is 450 g/mol. The molecule has 3 aliphatic rings. The summed E-state index contributed by atoms with van der Waals surface area (Å²) in [6.45, 7) is 1.21. The van der Waals surface area contributed by atoms with Crippen LogP contribution in [0.1, 0.15) is 39.6 Å². The van der Waals surface area contributed by atoms with Crippen molar-refractivity contribution in [1.82, 2.24) is 9.58 Å². The van der Waals surface area contributed by atoms with Crippen LogP contribution in [-0.4, -0.2) is 40.4 Å². The second kappa shape index (κ2) is 8.29. The maximum absolute atomic E-state index is 13.4. The van der Waals surface area contributed by atoms with Crippen molar-refractivity contribution in [1.29, 1.82) is 0 Å². The average molecular weight is 474 g/mol. The van der Waals surface area contributed by atoms with Gasteiger partial charge in [-0.05, 0) is 29.7 Å². The van der Waals surface area contributed by atoms with Crippen LogP contribution in [0.15, 0.2) is 76.6 Å². The van der Waals surface area contributed by atoms with Crippen LogP contribution >= 0.6 is 11.8 Å². The van der Waals surface area contributed by atoms with E-state index >= 15 is 0 Å². The molecule has 6 rings (SSSR count). The van der Waals surface area contributed by atoms with Gasteiger partial charge >= 0.3 is 0 Å². The highest BCUT2D eigenvalue weighted by atomic mass is 32.2. The van der Waals surface area contributed by atoms with Crippen molar-refractivity contribution in [3.8, 4) is 11.5 Å². The number of thioether (sulfide) groups is 1. The number of pyridine rings is 1. The molecule has 3 aromatic rings. The molecule has 0 unspecified atom stereocenters. The minimum absolute atomic E-state index is 0.00544. The van der Waals surface area contributed by atoms with E-state index in [4.69, 9.17) is 4.74 Å². The maximum Gasteiger partial charge on any atom is 0.277 e. The van der Waals surface area contributed by atoms with Gasteiger partial charge in [0, 0.05) is 35.0 Å². The molecule has 0 aliphatic carbocycles. The van der Waals surface area contributed by atoms with Crippen molar-refractivity contribution in [2.24, 2.45) is 0 Å². The number of hydrogen-bond acceptors (Lipinski definition) is 6. The first-order valence-electron chi connectivity index (χ1n) is 11.3. The largest absolute Gasteiger partial charge is 0.502 e. The standard InChI is InChI=1S/C26H23N3O4S/c30-19-11-13-28-24(25(19)31)26(32)27-12-4-1-5-14-33-20-9-6-7-17-15-34-21-10-3-2-8-18(21)23(22(17)20)29(28)16-27/h1-3,5-11,13,23,31H,4,12,14-16H2/b5-1+/t23-/m1/s1. The Labute approximate surface area is 200 Å². The Morgan fingerprint density at radius 1 is 1.03 bits per heavy atom. The van der Waals surface area contributed by atoms with Crippen LogP contribution in [0, 0.1) is 0 Å². The van der Waals surface area contributed by atoms with Gasteiger partial charge in [-0.25, -0.2) is 0 Å². The van der Waals surface area contributed by atoms with E-state index in [2.05, 4.69) is 23.2 Å². The minimum Gasteiger partial charge on any atom is -0.502 e. The number of benzene rings is 2. The van der Waals surface area contributed by atoms with Gasteiger partial charge < -0.3 is 14.7 Å². The van der Waals surface area contributed by atoms with Crippen LogP contribution in [0.25, 0.3) is 0 Å². The lowest BCUT2D eigenvalue weighted by molar-refractivity contribution is 0.0682. The summed E-state index contributed by atoms with van der Waals surface area (Å²) < 4.78 is 7.90. The van der Waals surface area contributed by atoms with Crippen molar-refractivity contribution in [2.45, 2.75) is 23.1 Å². The van der Waals surface area contributed by atoms with Gasteiger partial charge in [-0.3, -0.25) is 19.3 Å². The summed E-state index contributed by atoms with van der Waals surface area (Å²) >= 11 is 1.77. The number of carbonyl (C=O) groups excluding carboxylic acids is 1. The van der Waals surface area contributed by atoms with Crippen molar-refractivity contribution in [3.05, 3.63) is 99.5 Å². The summed E-state index contributed by atoms with van der Waals surface area (Å²) in [5, 5.41) is 12.7. The summed E-state index contributed by atoms with van der Waals surface area (Å²) in [6.07, 6.45) is 6.19. The number of hydrogen-bond donors (Lipinski definition) is 1. The molecule has 1 amide bonds. The Bertz CT molecular complexity index is 1380. The Kier molecular flexibility index (Phi) is 5.10. The van der Waals surface area contributed by atoms with Gasteiger partial charge in [0.2, 0.25) is 5.43 Å². The average Bonchev–Trinajstić information content (AvgIpc) is 3.01. The molecule has 7 nitrogen and oxygen atoms in total. The zero-order valence-electron chi connectivity index (χ0n) is 18.4. The molecule has 0 saturated carbocycles. The number of amides is 1. The Hall–Kier alpha value is -3.65. The number of fused-ring (bicyclic) bond motifs is 7. The molecule has 2 aromatic carbocycles. The molecule has 34 heavy (non-hydrogen) atoms. The Balaban J connectivity index is 1.67. The van der Waals surface area contributed by atoms with Crippen molar-refractivity contribution in [3.63, 3.8) is 0 Å². The fraction of sp³-hybridized carbons (Fsp3) is 0.231. The first kappa shape index (κ1) is 20.9. The molecule has 0 spiro atoms. The third-order valence-corrected chi connectivity index (χ3v) is 7.67. The van der Waals surface area contributed by atoms with Gasteiger partial charge in [-0.2, -0.15) is 0 Å². The van der Waals surface area contributed by atoms with Crippen LogP contribution in [0.3, 0.4) is 0 Å². The second-order valence-electron chi connectivity index (χ2n) is 8.50. The predicted octanol–water partition coefficient (Wildman–Crippen LogP) is 3.64. The van der Waals surface area contributed by atoms with Crippen LogP contribution in [0.5, 0.6) is 11.5 Å². The number of nitrogens with zero attached hydrogens (tertiary/aromatic N) is 3. The number of aromatic hydroxyl groups is 1. The molecule has 1 aromatic heterocycles. The van der Waals surface area contributed by atoms with Crippen LogP contribution < -0.4 is 15.2 Å². The highest BCUT2D eigenvalue weighted by molar-refractivity contribution is 7.98. The van der Waals surface area contributed by atoms with E-state index in [0.717, 1.165) is 33.1 Å². The quantitative estimate of drug-likeness (QED) is 0.503. The summed E-state index contributed by atoms with van der Waals surface area (Å²) in [5.41, 5.74) is 2.71. The number of rotatable bonds is 0. The topological polar surface area (TPSA) is 75.0 Å². The number of ether oxygens (including phenoxy) is 1. The maximum atomic E-state index is 13.4. The van der Waals surface area contributed by atoms with E-state index in [0.29, 0.717) is 26.2 Å². The third-order valence-electron chi connectivity index (χ3n) is 6.53. The first-order chi connectivity index (χ1) is 16.6. The van der Waals surface area contributed by atoms with Crippen molar-refractivity contribution in [2.75, 3.05) is 24.8 Å². The van der Waals surface area contributed by atoms with E-state index < -0.39 is 11.2 Å². The SMILES string of the molecule is O=C1c2c(O)c(=O)ccn2N2CN1CC/C=C/COc1cccc3c1[C@H]2c1ccccc1SC3. The first-order valence-corrected chi connectivity index (χ1v) is 12.2. The number of aromatic nitrogens is 1. The molecule has 2 bridgehead atoms. The van der Waals surface area contributed by atoms with Gasteiger partial charge in [-0.15, -0.1) is 11.8 Å². The van der Waals surface area contributed by atoms with Gasteiger partial charge in [0.1, 0.15) is 25.1 Å². The molecule has 172 valence electrons. The third kappa shape index (κ3) is 3.28. The van der Waals surface area contributed by atoms with Crippen molar-refractivity contribution >= 4 is 17.7 Å². The summed E-state index contributed by atoms with van der Waals surface area (Å²) in [4.78, 5) is 28.5. The summed E-state index contributed by atoms with van der Waals surface area (Å²) in [6, 6.07) is 15.4. The highest BCUT2D eigenvalue weighted by Gasteiger charge is 2.39. The van der Waals surface area contributed by atoms with E-state index in [9.17, 15) is 14.7 Å². The van der Waals surface area contributed by atoms with E-state index in [-0.39, 0.29) is 17.6 Å². The fourth-order valence-electron chi connectivity index (χ4n) is 4.93. The normalized spacial score (nSPS) is 20.0. The molecule has 4 heterocycles. The summed E-state index contributed by atoms with van der Waals surface area (Å²) in [5.74, 6) is 0.707. The lowest BCUT2D eigenvalue weighted by atomic mass is 9.93. The van der Waals surface area contributed by atoms with Crippen molar-refractivity contribution < 1.29 is 14.6 Å². The highest BCUT2D eigenvalue weighted by Crippen LogP contribution is 2.46. The van der Waals surface area contributed by atoms with Crippen LogP contribution in [0.2, 0.25) is 0 Å². The smallest absolute Gasteiger partial charge is 0.277 e. The van der Waals surface area contributed by atoms with E-state index in [1.165, 1.54) is 6.07 Å². The van der Waals surface area contributed by atoms with E-state index in [1.54, 1.807) is 27.5 Å². The molecule has 0 radical (unpaired) electrons. The number of carbonyl (C=O) groups is 1. The molecular formula is C26H23N3O4S. The molecule has 3 aliphatic heterocycles. The lowest BCUT2D eigenvalue weighted by Gasteiger charge is -2.44. The molecule has 8 heteroatoms. The lowest BCUT2D eigenvalue weighted by Crippen LogP contribution is -2.55. The molecule has 0 saturated heterocycles. The Morgan fingerprint density at radius 2 is 1.91 bits per heavy atom. The van der Waals surface area contributed by atoms with Crippen LogP contribution in [0.4, 0.5) is 0 Å². The predicted molar refractivity (Wildman–Crippen MR) is 130 cm³/mol. The fourth-order valence-corrected chi connectivity index (χ4v) is 6.01. The minimum atomic E-state index is -0.566. The van der Waals surface area contributed by atoms with Crippen LogP contribution in [-0.2, 0) is 5.75 Å². The van der Waals surface area contributed by atoms with Gasteiger partial charge in [0.15, 0.2) is 11.4 Å². The zero-order chi connectivity index (χ0) is 23.2. The molecule has 1 N–H and O–H groups in total. The van der Waals surface area contributed by atoms with Gasteiger partial charge in [-0.1, -0.05) is 42.5 Å². The Morgan fingerprint density at radius 3 is 2.82 bits per heavy atom. The zero-order valence-corrected chi connectivity index (χ0v) is 19.2.